The second-order valence-electron chi connectivity index (χ2n) is 13.6. The average Bonchev–Trinajstić information content (AvgIpc) is 3.83. The van der Waals surface area contributed by atoms with Crippen molar-refractivity contribution in [1.29, 1.82) is 0 Å². The summed E-state index contributed by atoms with van der Waals surface area (Å²) in [6.45, 7) is 3.56. The first-order chi connectivity index (χ1) is 23.8. The molecule has 12 heteroatoms. The van der Waals surface area contributed by atoms with Gasteiger partial charge in [-0.3, -0.25) is 24.0 Å². The smallest absolute Gasteiger partial charge is 0.315 e. The van der Waals surface area contributed by atoms with E-state index in [-0.39, 0.29) is 35.7 Å². The minimum absolute atomic E-state index is 0.0463. The molecule has 0 bridgehead atoms. The van der Waals surface area contributed by atoms with E-state index >= 15 is 0 Å². The summed E-state index contributed by atoms with van der Waals surface area (Å²) in [6, 6.07) is 17.8. The molecule has 2 aliphatic carbocycles. The molecule has 49 heavy (non-hydrogen) atoms. The van der Waals surface area contributed by atoms with Gasteiger partial charge in [0.1, 0.15) is 17.8 Å². The molecule has 2 aromatic carbocycles. The van der Waals surface area contributed by atoms with Crippen LogP contribution < -0.4 is 21.3 Å². The van der Waals surface area contributed by atoms with Gasteiger partial charge >= 0.3 is 6.03 Å². The maximum Gasteiger partial charge on any atom is 0.315 e. The van der Waals surface area contributed by atoms with E-state index in [0.717, 1.165) is 70.1 Å². The number of hydrogen-bond acceptors (Lipinski definition) is 6. The Hall–Kier alpha value is -4.71. The van der Waals surface area contributed by atoms with Crippen LogP contribution in [0.4, 0.5) is 10.5 Å². The predicted octanol–water partition coefficient (Wildman–Crippen LogP) is 3.45. The summed E-state index contributed by atoms with van der Waals surface area (Å²) in [6.07, 6.45) is 8.74. The number of carbonyl (C=O) groups excluding carboxylic acids is 4. The van der Waals surface area contributed by atoms with Gasteiger partial charge in [-0.05, 0) is 60.9 Å². The predicted molar refractivity (Wildman–Crippen MR) is 187 cm³/mol. The van der Waals surface area contributed by atoms with Gasteiger partial charge < -0.3 is 26.2 Å². The fraction of sp³-hybridized carbons (Fsp3) is 0.486. The summed E-state index contributed by atoms with van der Waals surface area (Å²) >= 11 is 0. The van der Waals surface area contributed by atoms with Gasteiger partial charge in [0.05, 0.1) is 0 Å². The van der Waals surface area contributed by atoms with Crippen molar-refractivity contribution < 1.29 is 19.2 Å². The quantitative estimate of drug-likeness (QED) is 0.233. The monoisotopic (exact) mass is 668 g/mol. The number of urea groups is 1. The second kappa shape index (κ2) is 16.1. The molecule has 1 aliphatic heterocycles. The summed E-state index contributed by atoms with van der Waals surface area (Å²) < 4.78 is 1.50. The normalized spacial score (nSPS) is 18.3. The maximum atomic E-state index is 13.8. The molecule has 0 spiro atoms. The van der Waals surface area contributed by atoms with E-state index in [1.807, 2.05) is 47.4 Å². The van der Waals surface area contributed by atoms with Gasteiger partial charge in [0.25, 0.3) is 5.91 Å². The first kappa shape index (κ1) is 34.2. The van der Waals surface area contributed by atoms with Gasteiger partial charge in [0.2, 0.25) is 11.8 Å². The number of benzene rings is 2. The van der Waals surface area contributed by atoms with E-state index in [1.165, 1.54) is 10.2 Å². The van der Waals surface area contributed by atoms with E-state index in [4.69, 9.17) is 0 Å². The summed E-state index contributed by atoms with van der Waals surface area (Å²) in [4.78, 5) is 57.5. The number of rotatable bonds is 12. The van der Waals surface area contributed by atoms with Crippen LogP contribution in [0.2, 0.25) is 0 Å². The molecule has 260 valence electrons. The molecule has 2 saturated carbocycles. The third-order valence-electron chi connectivity index (χ3n) is 9.85. The largest absolute Gasteiger partial charge is 0.339 e. The third-order valence-corrected chi connectivity index (χ3v) is 9.85. The van der Waals surface area contributed by atoms with Crippen LogP contribution in [0.3, 0.4) is 0 Å². The zero-order chi connectivity index (χ0) is 34.2. The zero-order valence-electron chi connectivity index (χ0n) is 28.3. The van der Waals surface area contributed by atoms with E-state index in [1.54, 1.807) is 19.3 Å². The number of aromatic nitrogens is 2. The summed E-state index contributed by atoms with van der Waals surface area (Å²) in [5, 5.41) is 16.0. The number of anilines is 1. The van der Waals surface area contributed by atoms with Gasteiger partial charge in [-0.2, -0.15) is 5.10 Å². The molecule has 4 N–H and O–H groups in total. The maximum absolute atomic E-state index is 13.8. The van der Waals surface area contributed by atoms with Crippen molar-refractivity contribution in [3.63, 3.8) is 0 Å². The highest BCUT2D eigenvalue weighted by atomic mass is 16.2. The third kappa shape index (κ3) is 9.47. The Morgan fingerprint density at radius 3 is 2.18 bits per heavy atom. The van der Waals surface area contributed by atoms with Crippen molar-refractivity contribution in [2.45, 2.75) is 76.0 Å². The van der Waals surface area contributed by atoms with Crippen LogP contribution in [0.1, 0.15) is 66.6 Å². The zero-order valence-corrected chi connectivity index (χ0v) is 28.3. The van der Waals surface area contributed by atoms with Crippen LogP contribution in [-0.2, 0) is 29.6 Å². The Morgan fingerprint density at radius 2 is 1.53 bits per heavy atom. The number of aryl methyl sites for hydroxylation is 1. The summed E-state index contributed by atoms with van der Waals surface area (Å²) in [7, 11) is 1.70. The Bertz CT molecular complexity index is 1580. The van der Waals surface area contributed by atoms with Gasteiger partial charge in [0, 0.05) is 64.1 Å². The van der Waals surface area contributed by atoms with Crippen molar-refractivity contribution in [2.24, 2.45) is 13.0 Å². The SMILES string of the molecule is Cn1nccc1C(=O)N[C@H](C(=O)Nc1ccc(C[C@@H](NC(=O)NC2CC2)C(=O)N2CCN(Cc3ccccc3)CC2)cc1)C1CCCCC1. The van der Waals surface area contributed by atoms with Crippen molar-refractivity contribution in [2.75, 3.05) is 31.5 Å². The standard InChI is InChI=1S/C37H48N8O4/c1-43-32(18-19-38-43)34(46)42-33(28-10-6-3-7-11-28)35(47)39-29-14-12-26(13-15-29)24-31(41-37(49)40-30-16-17-30)36(48)45-22-20-44(21-23-45)25-27-8-4-2-5-9-27/h2,4-5,8-9,12-15,18-19,28,30-31,33H,3,6-7,10-11,16-17,20-25H2,1H3,(H,39,47)(H,42,46)(H2,40,41,49)/t31-,33+/m1/s1. The molecule has 2 heterocycles. The molecule has 3 aliphatic rings. The number of nitrogens with zero attached hydrogens (tertiary/aromatic N) is 4. The van der Waals surface area contributed by atoms with E-state index in [0.29, 0.717) is 30.9 Å². The van der Waals surface area contributed by atoms with Crippen LogP contribution in [0.25, 0.3) is 0 Å². The molecule has 1 saturated heterocycles. The van der Waals surface area contributed by atoms with Crippen LogP contribution in [0, 0.1) is 5.92 Å². The van der Waals surface area contributed by atoms with Gasteiger partial charge in [0.15, 0.2) is 0 Å². The van der Waals surface area contributed by atoms with Crippen LogP contribution in [0.15, 0.2) is 66.9 Å². The van der Waals surface area contributed by atoms with E-state index in [2.05, 4.69) is 43.4 Å². The highest BCUT2D eigenvalue weighted by Gasteiger charge is 2.33. The fourth-order valence-corrected chi connectivity index (χ4v) is 6.86. The Balaban J connectivity index is 1.08. The van der Waals surface area contributed by atoms with Crippen molar-refractivity contribution in [3.05, 3.63) is 83.7 Å². The van der Waals surface area contributed by atoms with E-state index in [9.17, 15) is 19.2 Å². The lowest BCUT2D eigenvalue weighted by Gasteiger charge is -2.36. The molecule has 6 rings (SSSR count). The molecule has 2 atom stereocenters. The number of hydrogen-bond donors (Lipinski definition) is 4. The van der Waals surface area contributed by atoms with Crippen molar-refractivity contribution in [1.82, 2.24) is 35.5 Å². The highest BCUT2D eigenvalue weighted by molar-refractivity contribution is 6.00. The van der Waals surface area contributed by atoms with Gasteiger partial charge in [-0.15, -0.1) is 0 Å². The Morgan fingerprint density at radius 1 is 0.816 bits per heavy atom. The minimum atomic E-state index is -0.724. The number of piperazine rings is 1. The van der Waals surface area contributed by atoms with Crippen LogP contribution >= 0.6 is 0 Å². The molecule has 3 aromatic rings. The summed E-state index contributed by atoms with van der Waals surface area (Å²) in [5.74, 6) is -0.632. The van der Waals surface area contributed by atoms with E-state index < -0.39 is 12.1 Å². The lowest BCUT2D eigenvalue weighted by Crippen LogP contribution is -2.56. The Kier molecular flexibility index (Phi) is 11.2. The second-order valence-corrected chi connectivity index (χ2v) is 13.6. The first-order valence-corrected chi connectivity index (χ1v) is 17.6. The molecular weight excluding hydrogens is 620 g/mol. The van der Waals surface area contributed by atoms with Gasteiger partial charge in [-0.1, -0.05) is 61.7 Å². The molecule has 3 fully saturated rings. The molecule has 0 radical (unpaired) electrons. The average molecular weight is 669 g/mol. The van der Waals surface area contributed by atoms with Gasteiger partial charge in [-0.25, -0.2) is 4.79 Å². The lowest BCUT2D eigenvalue weighted by atomic mass is 9.83. The molecule has 1 aromatic heterocycles. The number of amides is 5. The Labute approximate surface area is 288 Å². The van der Waals surface area contributed by atoms with Crippen LogP contribution in [-0.4, -0.2) is 87.6 Å². The minimum Gasteiger partial charge on any atom is -0.339 e. The molecular formula is C37H48N8O4. The summed E-state index contributed by atoms with van der Waals surface area (Å²) in [5.41, 5.74) is 3.10. The van der Waals surface area contributed by atoms with Crippen molar-refractivity contribution >= 4 is 29.4 Å². The number of carbonyl (C=O) groups is 4. The highest BCUT2D eigenvalue weighted by Crippen LogP contribution is 2.28. The number of nitrogens with one attached hydrogen (secondary N) is 4. The van der Waals surface area contributed by atoms with Crippen molar-refractivity contribution in [3.8, 4) is 0 Å². The molecule has 5 amide bonds. The lowest BCUT2D eigenvalue weighted by molar-refractivity contribution is -0.135. The fourth-order valence-electron chi connectivity index (χ4n) is 6.86. The van der Waals surface area contributed by atoms with Crippen LogP contribution in [0.5, 0.6) is 0 Å². The molecule has 0 unspecified atom stereocenters. The molecule has 12 nitrogen and oxygen atoms in total. The first-order valence-electron chi connectivity index (χ1n) is 17.6. The topological polar surface area (TPSA) is 141 Å².